The number of fused-ring (bicyclic) bond motifs is 1. The van der Waals surface area contributed by atoms with Crippen LogP contribution < -0.4 is 0 Å². The second kappa shape index (κ2) is 9.81. The first kappa shape index (κ1) is 17.2. The van der Waals surface area contributed by atoms with E-state index in [1.165, 1.54) is 64.3 Å². The van der Waals surface area contributed by atoms with Crippen LogP contribution in [0.1, 0.15) is 77.6 Å². The van der Waals surface area contributed by atoms with Gasteiger partial charge in [-0.1, -0.05) is 58.3 Å². The van der Waals surface area contributed by atoms with Crippen LogP contribution in [0.2, 0.25) is 0 Å². The van der Waals surface area contributed by atoms with Crippen LogP contribution in [-0.2, 0) is 4.74 Å². The molecule has 0 aromatic heterocycles. The summed E-state index contributed by atoms with van der Waals surface area (Å²) in [5, 5.41) is 10.3. The molecule has 3 nitrogen and oxygen atoms in total. The van der Waals surface area contributed by atoms with Gasteiger partial charge in [-0.25, -0.2) is 0 Å². The van der Waals surface area contributed by atoms with E-state index in [0.717, 1.165) is 26.0 Å². The fourth-order valence-electron chi connectivity index (χ4n) is 3.75. The summed E-state index contributed by atoms with van der Waals surface area (Å²) in [5.41, 5.74) is 0. The van der Waals surface area contributed by atoms with Crippen molar-refractivity contribution in [3.63, 3.8) is 0 Å². The third-order valence-corrected chi connectivity index (χ3v) is 5.20. The quantitative estimate of drug-likeness (QED) is 0.624. The monoisotopic (exact) mass is 297 g/mol. The number of hydrogen-bond acceptors (Lipinski definition) is 3. The third kappa shape index (κ3) is 5.88. The molecule has 2 heterocycles. The van der Waals surface area contributed by atoms with Gasteiger partial charge in [0.25, 0.3) is 0 Å². The van der Waals surface area contributed by atoms with E-state index in [1.807, 2.05) is 0 Å². The van der Waals surface area contributed by atoms with E-state index in [9.17, 15) is 5.11 Å². The Labute approximate surface area is 131 Å². The maximum Gasteiger partial charge on any atom is 0.0961 e. The predicted octanol–water partition coefficient (Wildman–Crippen LogP) is 3.74. The van der Waals surface area contributed by atoms with Crippen LogP contribution in [0, 0.1) is 0 Å². The fraction of sp³-hybridized carbons (Fsp3) is 1.00. The smallest absolute Gasteiger partial charge is 0.0961 e. The van der Waals surface area contributed by atoms with Gasteiger partial charge in [0.05, 0.1) is 18.8 Å². The van der Waals surface area contributed by atoms with Crippen molar-refractivity contribution in [3.05, 3.63) is 0 Å². The van der Waals surface area contributed by atoms with Gasteiger partial charge in [-0.2, -0.15) is 0 Å². The SMILES string of the molecule is CCCCCCCCCCC(O)C1CN2CCCC2CO1. The molecular formula is C18H35NO2. The largest absolute Gasteiger partial charge is 0.390 e. The summed E-state index contributed by atoms with van der Waals surface area (Å²) >= 11 is 0. The Morgan fingerprint density at radius 1 is 1.10 bits per heavy atom. The summed E-state index contributed by atoms with van der Waals surface area (Å²) < 4.78 is 5.88. The Kier molecular flexibility index (Phi) is 8.05. The van der Waals surface area contributed by atoms with Crippen LogP contribution in [-0.4, -0.2) is 48.0 Å². The minimum atomic E-state index is -0.258. The molecule has 0 spiro atoms. The molecule has 21 heavy (non-hydrogen) atoms. The summed E-state index contributed by atoms with van der Waals surface area (Å²) in [5.74, 6) is 0. The van der Waals surface area contributed by atoms with Crippen LogP contribution in [0.5, 0.6) is 0 Å². The van der Waals surface area contributed by atoms with Gasteiger partial charge in [-0.3, -0.25) is 4.90 Å². The first-order chi connectivity index (χ1) is 10.3. The Balaban J connectivity index is 1.48. The Hall–Kier alpha value is -0.120. The summed E-state index contributed by atoms with van der Waals surface area (Å²) in [6.07, 6.45) is 13.9. The molecule has 2 saturated heterocycles. The van der Waals surface area contributed by atoms with E-state index in [4.69, 9.17) is 4.74 Å². The van der Waals surface area contributed by atoms with Crippen LogP contribution in [0.25, 0.3) is 0 Å². The number of nitrogens with zero attached hydrogens (tertiary/aromatic N) is 1. The molecule has 0 aromatic carbocycles. The van der Waals surface area contributed by atoms with Gasteiger partial charge < -0.3 is 9.84 Å². The highest BCUT2D eigenvalue weighted by atomic mass is 16.5. The van der Waals surface area contributed by atoms with Gasteiger partial charge in [-0.05, 0) is 25.8 Å². The minimum absolute atomic E-state index is 0.0592. The van der Waals surface area contributed by atoms with Gasteiger partial charge in [0, 0.05) is 12.6 Å². The standard InChI is InChI=1S/C18H35NO2/c1-2-3-4-5-6-7-8-9-12-17(20)18-14-19-13-10-11-16(19)15-21-18/h16-18,20H,2-15H2,1H3. The Morgan fingerprint density at radius 2 is 1.81 bits per heavy atom. The second-order valence-electron chi connectivity index (χ2n) is 6.99. The average molecular weight is 297 g/mol. The summed E-state index contributed by atoms with van der Waals surface area (Å²) in [4.78, 5) is 2.52. The summed E-state index contributed by atoms with van der Waals surface area (Å²) in [6, 6.07) is 0.636. The van der Waals surface area contributed by atoms with Crippen LogP contribution >= 0.6 is 0 Å². The Morgan fingerprint density at radius 3 is 2.57 bits per heavy atom. The molecule has 0 radical (unpaired) electrons. The van der Waals surface area contributed by atoms with E-state index in [1.54, 1.807) is 0 Å². The molecule has 3 heteroatoms. The lowest BCUT2D eigenvalue weighted by molar-refractivity contribution is -0.104. The van der Waals surface area contributed by atoms with Gasteiger partial charge in [0.2, 0.25) is 0 Å². The zero-order valence-corrected chi connectivity index (χ0v) is 13.9. The van der Waals surface area contributed by atoms with Crippen molar-refractivity contribution >= 4 is 0 Å². The number of ether oxygens (including phenoxy) is 1. The number of rotatable bonds is 10. The minimum Gasteiger partial charge on any atom is -0.390 e. The lowest BCUT2D eigenvalue weighted by Gasteiger charge is -2.37. The maximum atomic E-state index is 10.3. The van der Waals surface area contributed by atoms with Crippen molar-refractivity contribution < 1.29 is 9.84 Å². The Bertz CT molecular complexity index is 272. The number of aliphatic hydroxyl groups is 1. The topological polar surface area (TPSA) is 32.7 Å². The molecule has 124 valence electrons. The zero-order valence-electron chi connectivity index (χ0n) is 13.9. The number of unbranched alkanes of at least 4 members (excludes halogenated alkanes) is 7. The molecular weight excluding hydrogens is 262 g/mol. The molecule has 2 fully saturated rings. The number of hydrogen-bond donors (Lipinski definition) is 1. The van der Waals surface area contributed by atoms with Gasteiger partial charge in [0.1, 0.15) is 0 Å². The third-order valence-electron chi connectivity index (χ3n) is 5.20. The van der Waals surface area contributed by atoms with E-state index < -0.39 is 0 Å². The van der Waals surface area contributed by atoms with E-state index in [2.05, 4.69) is 11.8 Å². The maximum absolute atomic E-state index is 10.3. The van der Waals surface area contributed by atoms with Crippen molar-refractivity contribution in [2.45, 2.75) is 95.8 Å². The summed E-state index contributed by atoms with van der Waals surface area (Å²) in [6.45, 7) is 5.25. The van der Waals surface area contributed by atoms with Gasteiger partial charge >= 0.3 is 0 Å². The lowest BCUT2D eigenvalue weighted by atomic mass is 10.0. The average Bonchev–Trinajstić information content (AvgIpc) is 2.97. The highest BCUT2D eigenvalue weighted by Crippen LogP contribution is 2.25. The molecule has 3 atom stereocenters. The van der Waals surface area contributed by atoms with Gasteiger partial charge in [0.15, 0.2) is 0 Å². The predicted molar refractivity (Wildman–Crippen MR) is 87.6 cm³/mol. The second-order valence-corrected chi connectivity index (χ2v) is 6.99. The molecule has 3 unspecified atom stereocenters. The summed E-state index contributed by atoms with van der Waals surface area (Å²) in [7, 11) is 0. The molecule has 0 amide bonds. The lowest BCUT2D eigenvalue weighted by Crippen LogP contribution is -2.50. The molecule has 0 aromatic rings. The van der Waals surface area contributed by atoms with Crippen molar-refractivity contribution in [1.82, 2.24) is 4.90 Å². The van der Waals surface area contributed by atoms with Crippen molar-refractivity contribution in [1.29, 1.82) is 0 Å². The van der Waals surface area contributed by atoms with Crippen molar-refractivity contribution in [2.75, 3.05) is 19.7 Å². The molecule has 0 bridgehead atoms. The first-order valence-corrected chi connectivity index (χ1v) is 9.35. The van der Waals surface area contributed by atoms with Crippen LogP contribution in [0.4, 0.5) is 0 Å². The zero-order chi connectivity index (χ0) is 14.9. The molecule has 0 saturated carbocycles. The molecule has 0 aliphatic carbocycles. The van der Waals surface area contributed by atoms with E-state index >= 15 is 0 Å². The molecule has 1 N–H and O–H groups in total. The molecule has 2 rings (SSSR count). The molecule has 2 aliphatic rings. The van der Waals surface area contributed by atoms with Crippen LogP contribution in [0.15, 0.2) is 0 Å². The highest BCUT2D eigenvalue weighted by molar-refractivity contribution is 4.87. The van der Waals surface area contributed by atoms with E-state index in [-0.39, 0.29) is 12.2 Å². The number of morpholine rings is 1. The fourth-order valence-corrected chi connectivity index (χ4v) is 3.75. The van der Waals surface area contributed by atoms with Crippen molar-refractivity contribution in [3.8, 4) is 0 Å². The normalized spacial score (nSPS) is 27.7. The molecule has 2 aliphatic heterocycles. The first-order valence-electron chi connectivity index (χ1n) is 9.35. The van der Waals surface area contributed by atoms with Crippen molar-refractivity contribution in [2.24, 2.45) is 0 Å². The number of aliphatic hydroxyl groups excluding tert-OH is 1. The highest BCUT2D eigenvalue weighted by Gasteiger charge is 2.34. The van der Waals surface area contributed by atoms with Crippen LogP contribution in [0.3, 0.4) is 0 Å². The van der Waals surface area contributed by atoms with Gasteiger partial charge in [-0.15, -0.1) is 0 Å². The van der Waals surface area contributed by atoms with E-state index in [0.29, 0.717) is 6.04 Å².